The number of hydrogen-bond acceptors (Lipinski definition) is 4. The number of carbonyl (C=O) groups excluding carboxylic acids is 1. The highest BCUT2D eigenvalue weighted by atomic mass is 79.9. The first-order chi connectivity index (χ1) is 16.7. The summed E-state index contributed by atoms with van der Waals surface area (Å²) >= 11 is 3.47. The number of hydrogen-bond donors (Lipinski definition) is 1. The summed E-state index contributed by atoms with van der Waals surface area (Å²) in [5.74, 6) is 1.94. The van der Waals surface area contributed by atoms with Crippen LogP contribution in [0.3, 0.4) is 0 Å². The summed E-state index contributed by atoms with van der Waals surface area (Å²) in [6.45, 7) is 0.823. The Morgan fingerprint density at radius 1 is 0.941 bits per heavy atom. The number of carbonyl (C=O) groups is 1. The van der Waals surface area contributed by atoms with Gasteiger partial charge < -0.3 is 9.47 Å². The fourth-order valence-corrected chi connectivity index (χ4v) is 4.53. The summed E-state index contributed by atoms with van der Waals surface area (Å²) in [4.78, 5) is 12.2. The molecule has 6 heteroatoms. The van der Waals surface area contributed by atoms with Gasteiger partial charge in [-0.25, -0.2) is 5.43 Å². The number of benzene rings is 3. The van der Waals surface area contributed by atoms with E-state index in [-0.39, 0.29) is 5.91 Å². The van der Waals surface area contributed by atoms with Crippen molar-refractivity contribution in [2.24, 2.45) is 5.10 Å². The highest BCUT2D eigenvalue weighted by Crippen LogP contribution is 2.33. The Morgan fingerprint density at radius 3 is 2.44 bits per heavy atom. The molecule has 5 nitrogen and oxygen atoms in total. The first-order valence-electron chi connectivity index (χ1n) is 11.7. The Bertz CT molecular complexity index is 1090. The molecule has 176 valence electrons. The first kappa shape index (κ1) is 24.0. The average Bonchev–Trinajstić information content (AvgIpc) is 2.89. The number of halogens is 1. The molecule has 0 unspecified atom stereocenters. The van der Waals surface area contributed by atoms with Crippen LogP contribution in [-0.2, 0) is 0 Å². The van der Waals surface area contributed by atoms with Gasteiger partial charge in [-0.1, -0.05) is 65.5 Å². The third kappa shape index (κ3) is 6.94. The number of hydrazone groups is 1. The molecule has 3 aromatic rings. The van der Waals surface area contributed by atoms with Gasteiger partial charge in [-0.05, 0) is 66.8 Å². The molecule has 0 saturated heterocycles. The van der Waals surface area contributed by atoms with Crippen LogP contribution in [0.4, 0.5) is 0 Å². The predicted octanol–water partition coefficient (Wildman–Crippen LogP) is 6.72. The van der Waals surface area contributed by atoms with Crippen LogP contribution in [0, 0.1) is 0 Å². The molecular weight excluding hydrogens is 492 g/mol. The molecule has 0 spiro atoms. The minimum absolute atomic E-state index is 0.266. The molecule has 0 heterocycles. The van der Waals surface area contributed by atoms with Crippen molar-refractivity contribution >= 4 is 28.1 Å². The summed E-state index contributed by atoms with van der Waals surface area (Å²) in [6, 6.07) is 23.1. The highest BCUT2D eigenvalue weighted by molar-refractivity contribution is 9.10. The minimum atomic E-state index is -0.266. The van der Waals surface area contributed by atoms with E-state index in [0.29, 0.717) is 30.4 Å². The van der Waals surface area contributed by atoms with Gasteiger partial charge in [0.15, 0.2) is 0 Å². The Morgan fingerprint density at radius 2 is 1.68 bits per heavy atom. The Labute approximate surface area is 209 Å². The quantitative estimate of drug-likeness (QED) is 0.193. The molecule has 0 atom stereocenters. The molecule has 1 N–H and O–H groups in total. The van der Waals surface area contributed by atoms with Crippen molar-refractivity contribution in [3.05, 3.63) is 94.0 Å². The lowest BCUT2D eigenvalue weighted by Gasteiger charge is -2.22. The lowest BCUT2D eigenvalue weighted by atomic mass is 9.84. The van der Waals surface area contributed by atoms with Crippen molar-refractivity contribution in [2.75, 3.05) is 13.2 Å². The fourth-order valence-electron chi connectivity index (χ4n) is 4.15. The van der Waals surface area contributed by atoms with Gasteiger partial charge in [-0.3, -0.25) is 4.79 Å². The largest absolute Gasteiger partial charge is 0.490 e. The second-order valence-electron chi connectivity index (χ2n) is 8.35. The Kier molecular flexibility index (Phi) is 8.74. The summed E-state index contributed by atoms with van der Waals surface area (Å²) in [5.41, 5.74) is 5.26. The van der Waals surface area contributed by atoms with E-state index in [1.807, 2.05) is 36.4 Å². The van der Waals surface area contributed by atoms with Crippen LogP contribution in [0.5, 0.6) is 11.5 Å². The minimum Gasteiger partial charge on any atom is -0.490 e. The summed E-state index contributed by atoms with van der Waals surface area (Å²) in [7, 11) is 0. The number of rotatable bonds is 9. The van der Waals surface area contributed by atoms with Gasteiger partial charge >= 0.3 is 0 Å². The molecule has 0 aromatic heterocycles. The van der Waals surface area contributed by atoms with E-state index in [9.17, 15) is 4.79 Å². The van der Waals surface area contributed by atoms with Crippen molar-refractivity contribution in [1.29, 1.82) is 0 Å². The lowest BCUT2D eigenvalue weighted by molar-refractivity contribution is 0.0955. The molecule has 1 amide bonds. The van der Waals surface area contributed by atoms with Crippen molar-refractivity contribution in [1.82, 2.24) is 5.43 Å². The SMILES string of the molecule is O=C(N/N=C/c1cc(Br)ccc1OCCOc1ccc(C2CCCCC2)cc1)c1ccccc1. The first-order valence-corrected chi connectivity index (χ1v) is 12.5. The highest BCUT2D eigenvalue weighted by Gasteiger charge is 2.15. The Balaban J connectivity index is 1.27. The van der Waals surface area contributed by atoms with E-state index in [2.05, 4.69) is 50.7 Å². The van der Waals surface area contributed by atoms with E-state index in [4.69, 9.17) is 9.47 Å². The Hall–Kier alpha value is -3.12. The van der Waals surface area contributed by atoms with E-state index >= 15 is 0 Å². The standard InChI is InChI=1S/C28H29BrN2O3/c29-25-13-16-27(24(19-25)20-30-31-28(32)23-9-5-2-6-10-23)34-18-17-33-26-14-11-22(12-15-26)21-7-3-1-4-8-21/h2,5-6,9-16,19-21H,1,3-4,7-8,17-18H2,(H,31,32)/b30-20+. The van der Waals surface area contributed by atoms with Crippen molar-refractivity contribution in [3.8, 4) is 11.5 Å². The molecule has 1 fully saturated rings. The maximum absolute atomic E-state index is 12.2. The summed E-state index contributed by atoms with van der Waals surface area (Å²) in [5, 5.41) is 4.09. The third-order valence-corrected chi connectivity index (χ3v) is 6.44. The van der Waals surface area contributed by atoms with Crippen molar-refractivity contribution in [3.63, 3.8) is 0 Å². The number of amides is 1. The molecule has 3 aromatic carbocycles. The van der Waals surface area contributed by atoms with Crippen LogP contribution < -0.4 is 14.9 Å². The zero-order chi connectivity index (χ0) is 23.6. The van der Waals surface area contributed by atoms with Gasteiger partial charge in [0.25, 0.3) is 5.91 Å². The van der Waals surface area contributed by atoms with Gasteiger partial charge in [-0.15, -0.1) is 0 Å². The number of nitrogens with one attached hydrogen (secondary N) is 1. The number of ether oxygens (including phenoxy) is 2. The second-order valence-corrected chi connectivity index (χ2v) is 9.26. The van der Waals surface area contributed by atoms with Crippen LogP contribution >= 0.6 is 15.9 Å². The van der Waals surface area contributed by atoms with Crippen molar-refractivity contribution in [2.45, 2.75) is 38.0 Å². The predicted molar refractivity (Wildman–Crippen MR) is 139 cm³/mol. The van der Waals surface area contributed by atoms with Crippen LogP contribution in [0.2, 0.25) is 0 Å². The molecule has 1 saturated carbocycles. The maximum Gasteiger partial charge on any atom is 0.271 e. The van der Waals surface area contributed by atoms with Crippen LogP contribution in [-0.4, -0.2) is 25.3 Å². The van der Waals surface area contributed by atoms with E-state index in [1.165, 1.54) is 37.7 Å². The summed E-state index contributed by atoms with van der Waals surface area (Å²) in [6.07, 6.45) is 8.20. The van der Waals surface area contributed by atoms with Crippen molar-refractivity contribution < 1.29 is 14.3 Å². The maximum atomic E-state index is 12.2. The normalized spacial score (nSPS) is 14.1. The average molecular weight is 521 g/mol. The summed E-state index contributed by atoms with van der Waals surface area (Å²) < 4.78 is 12.7. The molecular formula is C28H29BrN2O3. The topological polar surface area (TPSA) is 59.9 Å². The smallest absolute Gasteiger partial charge is 0.271 e. The molecule has 1 aliphatic carbocycles. The fraction of sp³-hybridized carbons (Fsp3) is 0.286. The van der Waals surface area contributed by atoms with Crippen LogP contribution in [0.25, 0.3) is 0 Å². The van der Waals surface area contributed by atoms with E-state index in [0.717, 1.165) is 15.8 Å². The molecule has 4 rings (SSSR count). The van der Waals surface area contributed by atoms with Crippen LogP contribution in [0.1, 0.15) is 59.5 Å². The van der Waals surface area contributed by atoms with Gasteiger partial charge in [0.05, 0.1) is 6.21 Å². The van der Waals surface area contributed by atoms with E-state index in [1.54, 1.807) is 18.3 Å². The second kappa shape index (κ2) is 12.4. The molecule has 0 bridgehead atoms. The monoisotopic (exact) mass is 520 g/mol. The molecule has 1 aliphatic rings. The molecule has 34 heavy (non-hydrogen) atoms. The van der Waals surface area contributed by atoms with Gasteiger partial charge in [0, 0.05) is 15.6 Å². The van der Waals surface area contributed by atoms with Crippen LogP contribution in [0.15, 0.2) is 82.4 Å². The molecule has 0 aliphatic heterocycles. The lowest BCUT2D eigenvalue weighted by Crippen LogP contribution is -2.17. The van der Waals surface area contributed by atoms with Gasteiger partial charge in [-0.2, -0.15) is 5.10 Å². The zero-order valence-electron chi connectivity index (χ0n) is 19.1. The van der Waals surface area contributed by atoms with E-state index < -0.39 is 0 Å². The van der Waals surface area contributed by atoms with Gasteiger partial charge in [0.1, 0.15) is 24.7 Å². The third-order valence-electron chi connectivity index (χ3n) is 5.94. The number of nitrogens with zero attached hydrogens (tertiary/aromatic N) is 1. The molecule has 0 radical (unpaired) electrons. The zero-order valence-corrected chi connectivity index (χ0v) is 20.7. The van der Waals surface area contributed by atoms with Gasteiger partial charge in [0.2, 0.25) is 0 Å².